The summed E-state index contributed by atoms with van der Waals surface area (Å²) in [5.74, 6) is -0.184. The van der Waals surface area contributed by atoms with Gasteiger partial charge in [-0.25, -0.2) is 4.79 Å². The Kier molecular flexibility index (Phi) is 6.70. The van der Waals surface area contributed by atoms with E-state index < -0.39 is 36.8 Å². The molecule has 1 aromatic heterocycles. The van der Waals surface area contributed by atoms with Gasteiger partial charge in [0.25, 0.3) is 0 Å². The average Bonchev–Trinajstić information content (AvgIpc) is 2.90. The van der Waals surface area contributed by atoms with Gasteiger partial charge in [0.05, 0.1) is 13.7 Å². The lowest BCUT2D eigenvalue weighted by atomic mass is 9.97. The largest absolute Gasteiger partial charge is 0.469 e. The van der Waals surface area contributed by atoms with Crippen LogP contribution in [0.15, 0.2) is 11.0 Å². The predicted octanol–water partition coefficient (Wildman–Crippen LogP) is -1.43. The van der Waals surface area contributed by atoms with Crippen LogP contribution >= 0.6 is 0 Å². The molecule has 0 bridgehead atoms. The zero-order valence-corrected chi connectivity index (χ0v) is 14.7. The molecule has 2 heterocycles. The molecule has 1 aliphatic heterocycles. The Morgan fingerprint density at radius 2 is 2.15 bits per heavy atom. The standard InChI is InChI=1S/C16H25N3O7/c1-8(3-4-11(21)25-2)5-9-6-19(16(24)18-14(9)17)15-13(23)12(22)10(7-20)26-15/h6,8,10,12-13,15,20,22-23H,3-5,7H2,1-2H3,(H2,17,18,24)/t8?,10-,12-,13+,15-/m1/s1. The van der Waals surface area contributed by atoms with Crippen LogP contribution in [0.1, 0.15) is 31.6 Å². The number of anilines is 1. The summed E-state index contributed by atoms with van der Waals surface area (Å²) < 4.78 is 11.0. The third-order valence-electron chi connectivity index (χ3n) is 4.49. The minimum absolute atomic E-state index is 0.0583. The van der Waals surface area contributed by atoms with Gasteiger partial charge in [0.2, 0.25) is 0 Å². The van der Waals surface area contributed by atoms with Gasteiger partial charge >= 0.3 is 11.7 Å². The molecule has 0 aliphatic carbocycles. The molecule has 1 unspecified atom stereocenters. The number of aliphatic hydroxyl groups is 3. The average molecular weight is 371 g/mol. The number of carbonyl (C=O) groups excluding carboxylic acids is 1. The number of hydrogen-bond acceptors (Lipinski definition) is 9. The molecule has 146 valence electrons. The quantitative estimate of drug-likeness (QED) is 0.422. The monoisotopic (exact) mass is 371 g/mol. The molecule has 10 heteroatoms. The fourth-order valence-corrected chi connectivity index (χ4v) is 2.92. The van der Waals surface area contributed by atoms with Crippen LogP contribution in [-0.2, 0) is 20.7 Å². The third kappa shape index (κ3) is 4.39. The van der Waals surface area contributed by atoms with Crippen molar-refractivity contribution in [1.82, 2.24) is 9.55 Å². The van der Waals surface area contributed by atoms with Crippen molar-refractivity contribution in [3.05, 3.63) is 22.2 Å². The van der Waals surface area contributed by atoms with Crippen molar-refractivity contribution in [2.75, 3.05) is 19.5 Å². The zero-order chi connectivity index (χ0) is 19.4. The highest BCUT2D eigenvalue weighted by atomic mass is 16.6. The first-order chi connectivity index (χ1) is 12.3. The summed E-state index contributed by atoms with van der Waals surface area (Å²) in [4.78, 5) is 27.1. The first kappa shape index (κ1) is 20.3. The molecular weight excluding hydrogens is 346 g/mol. The van der Waals surface area contributed by atoms with Crippen molar-refractivity contribution in [2.24, 2.45) is 5.92 Å². The maximum absolute atomic E-state index is 12.1. The second-order valence-electron chi connectivity index (χ2n) is 6.49. The number of carbonyl (C=O) groups is 1. The Morgan fingerprint density at radius 3 is 2.73 bits per heavy atom. The number of ether oxygens (including phenoxy) is 2. The lowest BCUT2D eigenvalue weighted by molar-refractivity contribution is -0.140. The summed E-state index contributed by atoms with van der Waals surface area (Å²) in [6, 6.07) is 0. The molecule has 10 nitrogen and oxygen atoms in total. The van der Waals surface area contributed by atoms with Gasteiger partial charge in [-0.1, -0.05) is 6.92 Å². The molecule has 1 aromatic rings. The van der Waals surface area contributed by atoms with Gasteiger partial charge in [-0.3, -0.25) is 9.36 Å². The number of nitrogens with two attached hydrogens (primary N) is 1. The van der Waals surface area contributed by atoms with E-state index in [1.165, 1.54) is 13.3 Å². The van der Waals surface area contributed by atoms with Gasteiger partial charge < -0.3 is 30.5 Å². The summed E-state index contributed by atoms with van der Waals surface area (Å²) in [6.45, 7) is 1.42. The Hall–Kier alpha value is -2.01. The second kappa shape index (κ2) is 8.58. The van der Waals surface area contributed by atoms with Crippen molar-refractivity contribution in [2.45, 2.75) is 50.7 Å². The topological polar surface area (TPSA) is 157 Å². The SMILES string of the molecule is COC(=O)CCC(C)Cc1cn([C@@H]2O[C@H](CO)[C@@H](O)[C@@H]2O)c(=O)nc1N. The lowest BCUT2D eigenvalue weighted by Gasteiger charge is -2.19. The van der Waals surface area contributed by atoms with Crippen LogP contribution in [0.25, 0.3) is 0 Å². The zero-order valence-electron chi connectivity index (χ0n) is 14.7. The number of nitrogens with zero attached hydrogens (tertiary/aromatic N) is 2. The van der Waals surface area contributed by atoms with Crippen molar-refractivity contribution in [3.8, 4) is 0 Å². The molecule has 0 saturated carbocycles. The predicted molar refractivity (Wildman–Crippen MR) is 90.0 cm³/mol. The highest BCUT2D eigenvalue weighted by Gasteiger charge is 2.43. The van der Waals surface area contributed by atoms with Gasteiger partial charge in [0, 0.05) is 18.2 Å². The van der Waals surface area contributed by atoms with Crippen LogP contribution in [0.4, 0.5) is 5.82 Å². The Bertz CT molecular complexity index is 693. The normalized spacial score (nSPS) is 26.7. The Balaban J connectivity index is 2.19. The number of nitrogen functional groups attached to an aromatic ring is 1. The Morgan fingerprint density at radius 1 is 1.46 bits per heavy atom. The summed E-state index contributed by atoms with van der Waals surface area (Å²) in [7, 11) is 1.33. The minimum atomic E-state index is -1.39. The van der Waals surface area contributed by atoms with Gasteiger partial charge in [0.15, 0.2) is 6.23 Å². The molecular formula is C16H25N3O7. The van der Waals surface area contributed by atoms with Crippen molar-refractivity contribution in [1.29, 1.82) is 0 Å². The van der Waals surface area contributed by atoms with E-state index in [0.717, 1.165) is 4.57 Å². The molecule has 1 saturated heterocycles. The number of rotatable bonds is 7. The number of methoxy groups -OCH3 is 1. The van der Waals surface area contributed by atoms with Crippen molar-refractivity contribution in [3.63, 3.8) is 0 Å². The molecule has 5 atom stereocenters. The Labute approximate surface area is 150 Å². The van der Waals surface area contributed by atoms with Crippen molar-refractivity contribution >= 4 is 11.8 Å². The smallest absolute Gasteiger partial charge is 0.351 e. The number of aromatic nitrogens is 2. The van der Waals surface area contributed by atoms with Gasteiger partial charge in [-0.2, -0.15) is 4.98 Å². The van der Waals surface area contributed by atoms with E-state index in [0.29, 0.717) is 18.4 Å². The molecule has 0 amide bonds. The van der Waals surface area contributed by atoms with Crippen LogP contribution in [0, 0.1) is 5.92 Å². The summed E-state index contributed by atoms with van der Waals surface area (Å²) in [5.41, 5.74) is 5.65. The van der Waals surface area contributed by atoms with Crippen LogP contribution in [0.5, 0.6) is 0 Å². The minimum Gasteiger partial charge on any atom is -0.469 e. The van der Waals surface area contributed by atoms with Crippen LogP contribution < -0.4 is 11.4 Å². The van der Waals surface area contributed by atoms with E-state index in [9.17, 15) is 24.9 Å². The molecule has 5 N–H and O–H groups in total. The van der Waals surface area contributed by atoms with Crippen LogP contribution in [-0.4, -0.2) is 62.9 Å². The second-order valence-corrected chi connectivity index (χ2v) is 6.49. The summed E-state index contributed by atoms with van der Waals surface area (Å²) >= 11 is 0. The first-order valence-electron chi connectivity index (χ1n) is 8.35. The number of hydrogen-bond donors (Lipinski definition) is 4. The maximum atomic E-state index is 12.1. The van der Waals surface area contributed by atoms with E-state index in [1.807, 2.05) is 6.92 Å². The van der Waals surface area contributed by atoms with E-state index in [4.69, 9.17) is 10.5 Å². The number of esters is 1. The summed E-state index contributed by atoms with van der Waals surface area (Å²) in [6.07, 6.45) is -2.17. The van der Waals surface area contributed by atoms with Crippen LogP contribution in [0.2, 0.25) is 0 Å². The van der Waals surface area contributed by atoms with Crippen molar-refractivity contribution < 1.29 is 29.6 Å². The van der Waals surface area contributed by atoms with Crippen LogP contribution in [0.3, 0.4) is 0 Å². The fraction of sp³-hybridized carbons (Fsp3) is 0.688. The van der Waals surface area contributed by atoms with Gasteiger partial charge in [-0.05, 0) is 18.8 Å². The van der Waals surface area contributed by atoms with E-state index in [1.54, 1.807) is 0 Å². The van der Waals surface area contributed by atoms with E-state index >= 15 is 0 Å². The highest BCUT2D eigenvalue weighted by molar-refractivity contribution is 5.69. The molecule has 26 heavy (non-hydrogen) atoms. The molecule has 2 rings (SSSR count). The first-order valence-corrected chi connectivity index (χ1v) is 8.35. The number of aliphatic hydroxyl groups excluding tert-OH is 3. The fourth-order valence-electron chi connectivity index (χ4n) is 2.92. The summed E-state index contributed by atoms with van der Waals surface area (Å²) in [5, 5.41) is 29.1. The third-order valence-corrected chi connectivity index (χ3v) is 4.49. The molecule has 0 aromatic carbocycles. The highest BCUT2D eigenvalue weighted by Crippen LogP contribution is 2.29. The molecule has 0 radical (unpaired) electrons. The lowest BCUT2D eigenvalue weighted by Crippen LogP contribution is -2.36. The molecule has 1 aliphatic rings. The van der Waals surface area contributed by atoms with E-state index in [2.05, 4.69) is 9.72 Å². The molecule has 0 spiro atoms. The van der Waals surface area contributed by atoms with E-state index in [-0.39, 0.29) is 24.1 Å². The maximum Gasteiger partial charge on any atom is 0.351 e. The van der Waals surface area contributed by atoms with Gasteiger partial charge in [0.1, 0.15) is 24.1 Å². The van der Waals surface area contributed by atoms with Gasteiger partial charge in [-0.15, -0.1) is 0 Å². The molecule has 1 fully saturated rings.